The molecule has 0 spiro atoms. The fourth-order valence-electron chi connectivity index (χ4n) is 2.16. The molecule has 2 N–H and O–H groups in total. The minimum atomic E-state index is -0.760. The van der Waals surface area contributed by atoms with Crippen molar-refractivity contribution < 1.29 is 14.3 Å². The number of rotatable bonds is 4. The van der Waals surface area contributed by atoms with E-state index in [1.54, 1.807) is 12.1 Å². The van der Waals surface area contributed by atoms with E-state index in [-0.39, 0.29) is 11.7 Å². The molecule has 1 heterocycles. The van der Waals surface area contributed by atoms with Gasteiger partial charge in [-0.05, 0) is 32.1 Å². The van der Waals surface area contributed by atoms with Crippen molar-refractivity contribution >= 4 is 12.0 Å². The lowest BCUT2D eigenvalue weighted by molar-refractivity contribution is -0.114. The van der Waals surface area contributed by atoms with E-state index in [9.17, 15) is 4.79 Å². The van der Waals surface area contributed by atoms with Gasteiger partial charge in [-0.25, -0.2) is 0 Å². The zero-order valence-electron chi connectivity index (χ0n) is 11.5. The second-order valence-corrected chi connectivity index (χ2v) is 4.60. The minimum Gasteiger partial charge on any atom is -0.493 e. The maximum absolute atomic E-state index is 11.1. The number of primary amides is 1. The number of hydrogen-bond donors (Lipinski definition) is 1. The summed E-state index contributed by atoms with van der Waals surface area (Å²) in [6.07, 6.45) is 2.37. The topological polar surface area (TPSA) is 85.3 Å². The third-order valence-corrected chi connectivity index (χ3v) is 3.01. The van der Waals surface area contributed by atoms with E-state index in [2.05, 4.69) is 0 Å². The number of fused-ring (bicyclic) bond motifs is 1. The zero-order chi connectivity index (χ0) is 14.7. The molecule has 5 nitrogen and oxygen atoms in total. The van der Waals surface area contributed by atoms with Crippen LogP contribution in [0, 0.1) is 11.3 Å². The van der Waals surface area contributed by atoms with Gasteiger partial charge in [0, 0.05) is 17.5 Å². The fraction of sp³-hybridized carbons (Fsp3) is 0.333. The number of benzene rings is 1. The van der Waals surface area contributed by atoms with Crippen molar-refractivity contribution in [2.24, 2.45) is 5.73 Å². The second kappa shape index (κ2) is 5.66. The number of nitriles is 1. The normalized spacial score (nSPS) is 17.1. The van der Waals surface area contributed by atoms with Crippen LogP contribution in [-0.4, -0.2) is 18.6 Å². The van der Waals surface area contributed by atoms with E-state index in [1.165, 1.54) is 6.08 Å². The van der Waals surface area contributed by atoms with Gasteiger partial charge in [-0.1, -0.05) is 0 Å². The maximum atomic E-state index is 11.1. The van der Waals surface area contributed by atoms with Crippen molar-refractivity contribution in [2.45, 2.75) is 26.4 Å². The van der Waals surface area contributed by atoms with E-state index in [0.29, 0.717) is 17.9 Å². The summed E-state index contributed by atoms with van der Waals surface area (Å²) in [5.74, 6) is 0.622. The van der Waals surface area contributed by atoms with Crippen LogP contribution in [0.5, 0.6) is 11.5 Å². The third kappa shape index (κ3) is 2.75. The molecule has 5 heteroatoms. The summed E-state index contributed by atoms with van der Waals surface area (Å²) in [6, 6.07) is 5.46. The Bertz CT molecular complexity index is 614. The standard InChI is InChI=1S/C15H16N2O3/c1-3-19-13-6-10-4-9(2)20-14(10)7-11(13)5-12(8-16)15(17)18/h5-7,9H,3-4H2,1-2H3,(H2,17,18)/b12-5+/t9-/m1/s1. The molecule has 0 fully saturated rings. The molecule has 1 atom stereocenters. The molecule has 0 saturated heterocycles. The van der Waals surface area contributed by atoms with E-state index >= 15 is 0 Å². The Balaban J connectivity index is 2.49. The average Bonchev–Trinajstić information content (AvgIpc) is 2.74. The van der Waals surface area contributed by atoms with Crippen LogP contribution in [0.1, 0.15) is 25.0 Å². The lowest BCUT2D eigenvalue weighted by atomic mass is 10.0. The number of carbonyl (C=O) groups excluding carboxylic acids is 1. The van der Waals surface area contributed by atoms with Gasteiger partial charge in [0.1, 0.15) is 29.2 Å². The molecular formula is C15H16N2O3. The highest BCUT2D eigenvalue weighted by molar-refractivity contribution is 6.00. The highest BCUT2D eigenvalue weighted by atomic mass is 16.5. The Morgan fingerprint density at radius 1 is 1.65 bits per heavy atom. The molecule has 1 aliphatic heterocycles. The minimum absolute atomic E-state index is 0.114. The summed E-state index contributed by atoms with van der Waals surface area (Å²) in [4.78, 5) is 11.1. The van der Waals surface area contributed by atoms with Crippen molar-refractivity contribution in [1.82, 2.24) is 0 Å². The van der Waals surface area contributed by atoms with Gasteiger partial charge in [-0.3, -0.25) is 4.79 Å². The molecule has 0 radical (unpaired) electrons. The lowest BCUT2D eigenvalue weighted by Crippen LogP contribution is -2.12. The summed E-state index contributed by atoms with van der Waals surface area (Å²) in [5, 5.41) is 8.92. The highest BCUT2D eigenvalue weighted by Crippen LogP contribution is 2.36. The SMILES string of the molecule is CCOc1cc2c(cc1/C=C(\C#N)C(N)=O)O[C@H](C)C2. The Morgan fingerprint density at radius 2 is 2.40 bits per heavy atom. The molecule has 2 rings (SSSR count). The average molecular weight is 272 g/mol. The molecular weight excluding hydrogens is 256 g/mol. The van der Waals surface area contributed by atoms with Crippen LogP contribution in [-0.2, 0) is 11.2 Å². The van der Waals surface area contributed by atoms with Crippen molar-refractivity contribution in [3.8, 4) is 17.6 Å². The number of nitrogens with two attached hydrogens (primary N) is 1. The summed E-state index contributed by atoms with van der Waals surface area (Å²) >= 11 is 0. The maximum Gasteiger partial charge on any atom is 0.259 e. The monoisotopic (exact) mass is 272 g/mol. The highest BCUT2D eigenvalue weighted by Gasteiger charge is 2.21. The van der Waals surface area contributed by atoms with E-state index < -0.39 is 5.91 Å². The van der Waals surface area contributed by atoms with Crippen molar-refractivity contribution in [1.29, 1.82) is 5.26 Å². The first kappa shape index (κ1) is 13.9. The molecule has 1 aliphatic rings. The number of ether oxygens (including phenoxy) is 2. The quantitative estimate of drug-likeness (QED) is 0.669. The van der Waals surface area contributed by atoms with Gasteiger partial charge >= 0.3 is 0 Å². The van der Waals surface area contributed by atoms with Gasteiger partial charge in [0.2, 0.25) is 0 Å². The van der Waals surface area contributed by atoms with Crippen molar-refractivity contribution in [3.63, 3.8) is 0 Å². The number of amides is 1. The van der Waals surface area contributed by atoms with Crippen LogP contribution in [0.2, 0.25) is 0 Å². The van der Waals surface area contributed by atoms with Crippen LogP contribution in [0.3, 0.4) is 0 Å². The molecule has 104 valence electrons. The Hall–Kier alpha value is -2.48. The van der Waals surface area contributed by atoms with Gasteiger partial charge < -0.3 is 15.2 Å². The summed E-state index contributed by atoms with van der Waals surface area (Å²) in [7, 11) is 0. The largest absolute Gasteiger partial charge is 0.493 e. The van der Waals surface area contributed by atoms with Gasteiger partial charge in [-0.15, -0.1) is 0 Å². The summed E-state index contributed by atoms with van der Waals surface area (Å²) < 4.78 is 11.2. The van der Waals surface area contributed by atoms with Crippen LogP contribution >= 0.6 is 0 Å². The molecule has 0 bridgehead atoms. The van der Waals surface area contributed by atoms with Crippen LogP contribution < -0.4 is 15.2 Å². The van der Waals surface area contributed by atoms with Crippen molar-refractivity contribution in [2.75, 3.05) is 6.61 Å². The molecule has 0 unspecified atom stereocenters. The first-order valence-electron chi connectivity index (χ1n) is 6.43. The second-order valence-electron chi connectivity index (χ2n) is 4.60. The van der Waals surface area contributed by atoms with Crippen molar-refractivity contribution in [3.05, 3.63) is 28.8 Å². The number of nitrogens with zero attached hydrogens (tertiary/aromatic N) is 1. The van der Waals surface area contributed by atoms with E-state index in [0.717, 1.165) is 17.7 Å². The van der Waals surface area contributed by atoms with Gasteiger partial charge in [0.05, 0.1) is 6.61 Å². The van der Waals surface area contributed by atoms with Crippen LogP contribution in [0.4, 0.5) is 0 Å². The molecule has 1 aromatic carbocycles. The molecule has 0 aliphatic carbocycles. The van der Waals surface area contributed by atoms with Crippen LogP contribution in [0.15, 0.2) is 17.7 Å². The first-order chi connectivity index (χ1) is 9.55. The third-order valence-electron chi connectivity index (χ3n) is 3.01. The van der Waals surface area contributed by atoms with Crippen LogP contribution in [0.25, 0.3) is 6.08 Å². The van der Waals surface area contributed by atoms with Gasteiger partial charge in [-0.2, -0.15) is 5.26 Å². The zero-order valence-corrected chi connectivity index (χ0v) is 11.5. The van der Waals surface area contributed by atoms with Gasteiger partial charge in [0.25, 0.3) is 5.91 Å². The molecule has 1 aromatic rings. The number of hydrogen-bond acceptors (Lipinski definition) is 4. The number of carbonyl (C=O) groups is 1. The van der Waals surface area contributed by atoms with E-state index in [1.807, 2.05) is 19.9 Å². The fourth-order valence-corrected chi connectivity index (χ4v) is 2.16. The predicted octanol–water partition coefficient (Wildman–Crippen LogP) is 1.80. The molecule has 20 heavy (non-hydrogen) atoms. The lowest BCUT2D eigenvalue weighted by Gasteiger charge is -2.10. The smallest absolute Gasteiger partial charge is 0.259 e. The summed E-state index contributed by atoms with van der Waals surface area (Å²) in [5.41, 5.74) is 6.72. The molecule has 1 amide bonds. The predicted molar refractivity (Wildman–Crippen MR) is 74.2 cm³/mol. The summed E-state index contributed by atoms with van der Waals surface area (Å²) in [6.45, 7) is 4.35. The Labute approximate surface area is 117 Å². The Morgan fingerprint density at radius 3 is 3.00 bits per heavy atom. The first-order valence-corrected chi connectivity index (χ1v) is 6.43. The molecule has 0 saturated carbocycles. The Kier molecular flexibility index (Phi) is 3.94. The van der Waals surface area contributed by atoms with Gasteiger partial charge in [0.15, 0.2) is 0 Å². The molecule has 0 aromatic heterocycles. The van der Waals surface area contributed by atoms with E-state index in [4.69, 9.17) is 20.5 Å².